The molecular formula is C11H14ClN3O3S. The molecule has 1 unspecified atom stereocenters. The van der Waals surface area contributed by atoms with Crippen molar-refractivity contribution in [1.82, 2.24) is 9.29 Å². The van der Waals surface area contributed by atoms with Crippen molar-refractivity contribution in [3.63, 3.8) is 0 Å². The van der Waals surface area contributed by atoms with Crippen molar-refractivity contribution < 1.29 is 13.2 Å². The molecule has 8 heteroatoms. The Morgan fingerprint density at radius 2 is 2.21 bits per heavy atom. The summed E-state index contributed by atoms with van der Waals surface area (Å²) >= 11 is 5.63. The minimum Gasteiger partial charge on any atom is -0.369 e. The monoisotopic (exact) mass is 303 g/mol. The summed E-state index contributed by atoms with van der Waals surface area (Å²) in [6.07, 6.45) is 2.46. The van der Waals surface area contributed by atoms with Gasteiger partial charge in [-0.05, 0) is 25.0 Å². The second-order valence-corrected chi connectivity index (χ2v) is 6.75. The number of aromatic nitrogens is 1. The molecule has 1 atom stereocenters. The van der Waals surface area contributed by atoms with E-state index in [1.54, 1.807) is 0 Å². The second-order valence-electron chi connectivity index (χ2n) is 4.42. The van der Waals surface area contributed by atoms with Crippen LogP contribution in [0, 0.1) is 5.92 Å². The maximum atomic E-state index is 12.4. The van der Waals surface area contributed by atoms with E-state index in [0.717, 1.165) is 0 Å². The van der Waals surface area contributed by atoms with Crippen molar-refractivity contribution in [3.8, 4) is 0 Å². The van der Waals surface area contributed by atoms with Crippen molar-refractivity contribution >= 4 is 27.5 Å². The molecule has 0 aliphatic carbocycles. The van der Waals surface area contributed by atoms with E-state index in [9.17, 15) is 13.2 Å². The predicted molar refractivity (Wildman–Crippen MR) is 69.9 cm³/mol. The summed E-state index contributed by atoms with van der Waals surface area (Å²) in [5.41, 5.74) is 5.24. The fraction of sp³-hybridized carbons (Fsp3) is 0.455. The fourth-order valence-corrected chi connectivity index (χ4v) is 3.64. The van der Waals surface area contributed by atoms with Crippen LogP contribution in [-0.4, -0.2) is 36.7 Å². The van der Waals surface area contributed by atoms with Gasteiger partial charge in [0.2, 0.25) is 15.9 Å². The number of rotatable bonds is 3. The number of piperidine rings is 1. The molecule has 104 valence electrons. The average Bonchev–Trinajstić information content (AvgIpc) is 2.39. The summed E-state index contributed by atoms with van der Waals surface area (Å²) < 4.78 is 26.0. The Morgan fingerprint density at radius 3 is 2.79 bits per heavy atom. The maximum Gasteiger partial charge on any atom is 0.244 e. The van der Waals surface area contributed by atoms with Gasteiger partial charge in [-0.2, -0.15) is 4.31 Å². The molecule has 2 N–H and O–H groups in total. The molecule has 2 rings (SSSR count). The number of sulfonamides is 1. The summed E-state index contributed by atoms with van der Waals surface area (Å²) in [5, 5.41) is 0.229. The van der Waals surface area contributed by atoms with Gasteiger partial charge in [0.15, 0.2) is 0 Å². The molecule has 0 spiro atoms. The first-order valence-electron chi connectivity index (χ1n) is 5.82. The van der Waals surface area contributed by atoms with Crippen LogP contribution in [-0.2, 0) is 14.8 Å². The molecule has 0 aromatic carbocycles. The van der Waals surface area contributed by atoms with E-state index in [4.69, 9.17) is 17.3 Å². The molecular weight excluding hydrogens is 290 g/mol. The van der Waals surface area contributed by atoms with Crippen LogP contribution in [0.2, 0.25) is 5.15 Å². The second kappa shape index (κ2) is 5.44. The van der Waals surface area contributed by atoms with E-state index in [1.807, 2.05) is 0 Å². The molecule has 0 saturated carbocycles. The molecule has 1 amide bonds. The van der Waals surface area contributed by atoms with Gasteiger partial charge in [0.05, 0.1) is 5.92 Å². The van der Waals surface area contributed by atoms with Crippen molar-refractivity contribution in [2.75, 3.05) is 13.1 Å². The van der Waals surface area contributed by atoms with Crippen LogP contribution in [0.4, 0.5) is 0 Å². The minimum atomic E-state index is -3.64. The van der Waals surface area contributed by atoms with Crippen molar-refractivity contribution in [3.05, 3.63) is 23.5 Å². The molecule has 6 nitrogen and oxygen atoms in total. The van der Waals surface area contributed by atoms with Crippen LogP contribution in [0.1, 0.15) is 12.8 Å². The largest absolute Gasteiger partial charge is 0.369 e. The molecule has 1 aliphatic heterocycles. The Morgan fingerprint density at radius 1 is 1.47 bits per heavy atom. The lowest BCUT2D eigenvalue weighted by atomic mass is 9.99. The minimum absolute atomic E-state index is 0.0713. The number of amides is 1. The van der Waals surface area contributed by atoms with Crippen LogP contribution in [0.5, 0.6) is 0 Å². The number of halogens is 1. The number of nitrogens with two attached hydrogens (primary N) is 1. The molecule has 1 aliphatic rings. The van der Waals surface area contributed by atoms with Gasteiger partial charge >= 0.3 is 0 Å². The standard InChI is InChI=1S/C11H14ClN3O3S/c12-10-4-3-9(6-14-10)19(17,18)15-5-1-2-8(7-15)11(13)16/h3-4,6,8H,1-2,5,7H2,(H2,13,16). The highest BCUT2D eigenvalue weighted by Crippen LogP contribution is 2.23. The average molecular weight is 304 g/mol. The molecule has 2 heterocycles. The Bertz CT molecular complexity index is 573. The zero-order valence-electron chi connectivity index (χ0n) is 10.1. The summed E-state index contributed by atoms with van der Waals surface area (Å²) in [7, 11) is -3.64. The lowest BCUT2D eigenvalue weighted by Crippen LogP contribution is -2.44. The topological polar surface area (TPSA) is 93.4 Å². The van der Waals surface area contributed by atoms with Gasteiger partial charge in [-0.1, -0.05) is 11.6 Å². The number of hydrogen-bond donors (Lipinski definition) is 1. The number of primary amides is 1. The summed E-state index contributed by atoms with van der Waals surface area (Å²) in [6.45, 7) is 0.509. The third-order valence-electron chi connectivity index (χ3n) is 3.12. The van der Waals surface area contributed by atoms with Crippen LogP contribution in [0.15, 0.2) is 23.2 Å². The van der Waals surface area contributed by atoms with E-state index in [-0.39, 0.29) is 16.6 Å². The fourth-order valence-electron chi connectivity index (χ4n) is 2.06. The van der Waals surface area contributed by atoms with Gasteiger partial charge < -0.3 is 5.73 Å². The van der Waals surface area contributed by atoms with Crippen molar-refractivity contribution in [2.45, 2.75) is 17.7 Å². The van der Waals surface area contributed by atoms with Gasteiger partial charge in [0.25, 0.3) is 0 Å². The highest BCUT2D eigenvalue weighted by atomic mass is 35.5. The Hall–Kier alpha value is -1.18. The lowest BCUT2D eigenvalue weighted by molar-refractivity contribution is -0.122. The van der Waals surface area contributed by atoms with Gasteiger partial charge in [-0.15, -0.1) is 0 Å². The Labute approximate surface area is 116 Å². The quantitative estimate of drug-likeness (QED) is 0.828. The SMILES string of the molecule is NC(=O)C1CCCN(S(=O)(=O)c2ccc(Cl)nc2)C1. The third-order valence-corrected chi connectivity index (χ3v) is 5.20. The van der Waals surface area contributed by atoms with Crippen LogP contribution in [0.25, 0.3) is 0 Å². The first-order valence-corrected chi connectivity index (χ1v) is 7.64. The van der Waals surface area contributed by atoms with Gasteiger partial charge in [0, 0.05) is 19.3 Å². The summed E-state index contributed by atoms with van der Waals surface area (Å²) in [4.78, 5) is 15.0. The van der Waals surface area contributed by atoms with Crippen molar-refractivity contribution in [2.24, 2.45) is 11.7 Å². The number of carbonyl (C=O) groups is 1. The molecule has 19 heavy (non-hydrogen) atoms. The van der Waals surface area contributed by atoms with E-state index < -0.39 is 21.8 Å². The highest BCUT2D eigenvalue weighted by Gasteiger charge is 2.32. The predicted octanol–water partition coefficient (Wildman–Crippen LogP) is 0.621. The number of nitrogens with zero attached hydrogens (tertiary/aromatic N) is 2. The lowest BCUT2D eigenvalue weighted by Gasteiger charge is -2.30. The molecule has 1 aromatic heterocycles. The van der Waals surface area contributed by atoms with Crippen molar-refractivity contribution in [1.29, 1.82) is 0 Å². The highest BCUT2D eigenvalue weighted by molar-refractivity contribution is 7.89. The van der Waals surface area contributed by atoms with E-state index in [1.165, 1.54) is 22.6 Å². The first kappa shape index (κ1) is 14.2. The van der Waals surface area contributed by atoms with Crippen LogP contribution < -0.4 is 5.73 Å². The summed E-state index contributed by atoms with van der Waals surface area (Å²) in [5.74, 6) is -0.891. The van der Waals surface area contributed by atoms with Gasteiger partial charge in [0.1, 0.15) is 10.0 Å². The zero-order valence-corrected chi connectivity index (χ0v) is 11.7. The molecule has 1 aromatic rings. The number of pyridine rings is 1. The van der Waals surface area contributed by atoms with Gasteiger partial charge in [-0.3, -0.25) is 4.79 Å². The zero-order chi connectivity index (χ0) is 14.0. The first-order chi connectivity index (χ1) is 8.91. The third kappa shape index (κ3) is 3.05. The van der Waals surface area contributed by atoms with E-state index >= 15 is 0 Å². The van der Waals surface area contributed by atoms with Gasteiger partial charge in [-0.25, -0.2) is 13.4 Å². The van der Waals surface area contributed by atoms with E-state index in [2.05, 4.69) is 4.98 Å². The normalized spacial score (nSPS) is 21.2. The molecule has 0 bridgehead atoms. The Kier molecular flexibility index (Phi) is 4.07. The smallest absolute Gasteiger partial charge is 0.244 e. The number of hydrogen-bond acceptors (Lipinski definition) is 4. The summed E-state index contributed by atoms with van der Waals surface area (Å²) in [6, 6.07) is 2.82. The number of carbonyl (C=O) groups excluding carboxylic acids is 1. The van der Waals surface area contributed by atoms with Crippen LogP contribution in [0.3, 0.4) is 0 Å². The molecule has 1 fully saturated rings. The maximum absolute atomic E-state index is 12.4. The van der Waals surface area contributed by atoms with Crippen LogP contribution >= 0.6 is 11.6 Å². The Balaban J connectivity index is 2.24. The molecule has 0 radical (unpaired) electrons. The van der Waals surface area contributed by atoms with E-state index in [0.29, 0.717) is 19.4 Å². The molecule has 1 saturated heterocycles.